The number of hydrogen-bond acceptors (Lipinski definition) is 6. The van der Waals surface area contributed by atoms with Gasteiger partial charge in [-0.05, 0) is 43.2 Å². The summed E-state index contributed by atoms with van der Waals surface area (Å²) in [5.41, 5.74) is 4.08. The van der Waals surface area contributed by atoms with Gasteiger partial charge in [0.25, 0.3) is 0 Å². The van der Waals surface area contributed by atoms with Crippen LogP contribution in [-0.4, -0.2) is 57.6 Å². The van der Waals surface area contributed by atoms with Gasteiger partial charge in [0.2, 0.25) is 5.91 Å². The average Bonchev–Trinajstić information content (AvgIpc) is 3.19. The molecule has 0 aliphatic carbocycles. The van der Waals surface area contributed by atoms with Crippen LogP contribution >= 0.6 is 11.8 Å². The van der Waals surface area contributed by atoms with E-state index < -0.39 is 0 Å². The van der Waals surface area contributed by atoms with E-state index in [0.29, 0.717) is 11.7 Å². The predicted octanol–water partition coefficient (Wildman–Crippen LogP) is 3.45. The van der Waals surface area contributed by atoms with Gasteiger partial charge < -0.3 is 10.1 Å². The molecular weight excluding hydrogens is 410 g/mol. The number of nitrogens with zero attached hydrogens (tertiary/aromatic N) is 4. The van der Waals surface area contributed by atoms with Gasteiger partial charge in [-0.15, -0.1) is 10.2 Å². The third-order valence-corrected chi connectivity index (χ3v) is 6.32. The molecule has 1 aliphatic rings. The molecule has 1 amide bonds. The van der Waals surface area contributed by atoms with E-state index >= 15 is 0 Å². The van der Waals surface area contributed by atoms with Crippen LogP contribution in [0.2, 0.25) is 0 Å². The van der Waals surface area contributed by atoms with Crippen LogP contribution in [0.5, 0.6) is 0 Å². The molecule has 162 valence electrons. The lowest BCUT2D eigenvalue weighted by atomic mass is 10.1. The third kappa shape index (κ3) is 5.33. The van der Waals surface area contributed by atoms with Gasteiger partial charge >= 0.3 is 0 Å². The standard InChI is InChI=1S/C23H27N5O2S/c1-17-7-6-10-20(18(17)2)24-22(29)16-31-23-26-25-21(15-27-11-13-30-14-12-27)28(23)19-8-4-3-5-9-19/h3-10H,11-16H2,1-2H3,(H,24,29). The summed E-state index contributed by atoms with van der Waals surface area (Å²) in [6.45, 7) is 7.98. The molecule has 4 rings (SSSR count). The van der Waals surface area contributed by atoms with Crippen LogP contribution < -0.4 is 5.32 Å². The van der Waals surface area contributed by atoms with Crippen molar-refractivity contribution in [3.8, 4) is 5.69 Å². The van der Waals surface area contributed by atoms with Gasteiger partial charge in [-0.25, -0.2) is 0 Å². The molecule has 2 aromatic carbocycles. The highest BCUT2D eigenvalue weighted by molar-refractivity contribution is 7.99. The quantitative estimate of drug-likeness (QED) is 0.571. The SMILES string of the molecule is Cc1cccc(NC(=O)CSc2nnc(CN3CCOCC3)n2-c2ccccc2)c1C. The molecule has 0 bridgehead atoms. The number of benzene rings is 2. The van der Waals surface area contributed by atoms with E-state index in [4.69, 9.17) is 4.74 Å². The van der Waals surface area contributed by atoms with E-state index in [2.05, 4.69) is 20.4 Å². The van der Waals surface area contributed by atoms with Gasteiger partial charge in [0.05, 0.1) is 25.5 Å². The lowest BCUT2D eigenvalue weighted by Gasteiger charge is -2.26. The van der Waals surface area contributed by atoms with Crippen molar-refractivity contribution in [1.29, 1.82) is 0 Å². The number of amides is 1. The molecule has 1 aromatic heterocycles. The third-order valence-electron chi connectivity index (χ3n) is 5.39. The Hall–Kier alpha value is -2.68. The van der Waals surface area contributed by atoms with Gasteiger partial charge in [-0.2, -0.15) is 0 Å². The number of anilines is 1. The lowest BCUT2D eigenvalue weighted by molar-refractivity contribution is -0.113. The minimum Gasteiger partial charge on any atom is -0.379 e. The van der Waals surface area contributed by atoms with E-state index in [0.717, 1.165) is 54.6 Å². The number of morpholine rings is 1. The van der Waals surface area contributed by atoms with Gasteiger partial charge in [0.15, 0.2) is 11.0 Å². The fourth-order valence-corrected chi connectivity index (χ4v) is 4.27. The molecule has 0 atom stereocenters. The van der Waals surface area contributed by atoms with Gasteiger partial charge in [-0.1, -0.05) is 42.1 Å². The molecule has 1 aliphatic heterocycles. The Morgan fingerprint density at radius 2 is 1.84 bits per heavy atom. The minimum absolute atomic E-state index is 0.0592. The van der Waals surface area contributed by atoms with Crippen molar-refractivity contribution in [2.45, 2.75) is 25.5 Å². The molecule has 0 saturated carbocycles. The van der Waals surface area contributed by atoms with Crippen LogP contribution in [0.15, 0.2) is 53.7 Å². The number of rotatable bonds is 7. The molecule has 1 fully saturated rings. The topological polar surface area (TPSA) is 72.3 Å². The molecule has 1 N–H and O–H groups in total. The molecule has 0 spiro atoms. The molecule has 31 heavy (non-hydrogen) atoms. The van der Waals surface area contributed by atoms with Crippen LogP contribution in [0.3, 0.4) is 0 Å². The van der Waals surface area contributed by atoms with Crippen molar-refractivity contribution in [2.24, 2.45) is 0 Å². The lowest BCUT2D eigenvalue weighted by Crippen LogP contribution is -2.36. The average molecular weight is 438 g/mol. The fourth-order valence-electron chi connectivity index (χ4n) is 3.49. The molecular formula is C23H27N5O2S. The number of nitrogens with one attached hydrogen (secondary N) is 1. The van der Waals surface area contributed by atoms with E-state index in [1.54, 1.807) is 0 Å². The Balaban J connectivity index is 1.49. The number of aromatic nitrogens is 3. The number of carbonyl (C=O) groups is 1. The number of carbonyl (C=O) groups excluding carboxylic acids is 1. The van der Waals surface area contributed by atoms with Crippen LogP contribution in [0, 0.1) is 13.8 Å². The molecule has 8 heteroatoms. The summed E-state index contributed by atoms with van der Waals surface area (Å²) < 4.78 is 7.50. The Morgan fingerprint density at radius 1 is 1.06 bits per heavy atom. The second-order valence-corrected chi connectivity index (χ2v) is 8.49. The first-order valence-electron chi connectivity index (χ1n) is 10.4. The summed E-state index contributed by atoms with van der Waals surface area (Å²) >= 11 is 1.40. The number of ether oxygens (including phenoxy) is 1. The van der Waals surface area contributed by atoms with Gasteiger partial charge in [-0.3, -0.25) is 14.3 Å². The zero-order valence-corrected chi connectivity index (χ0v) is 18.7. The zero-order chi connectivity index (χ0) is 21.6. The van der Waals surface area contributed by atoms with E-state index in [1.807, 2.05) is 66.9 Å². The number of hydrogen-bond donors (Lipinski definition) is 1. The van der Waals surface area contributed by atoms with Crippen molar-refractivity contribution < 1.29 is 9.53 Å². The summed E-state index contributed by atoms with van der Waals surface area (Å²) in [5, 5.41) is 12.6. The van der Waals surface area contributed by atoms with Crippen molar-refractivity contribution in [3.63, 3.8) is 0 Å². The first-order valence-corrected chi connectivity index (χ1v) is 11.4. The minimum atomic E-state index is -0.0592. The molecule has 7 nitrogen and oxygen atoms in total. The fraction of sp³-hybridized carbons (Fsp3) is 0.348. The smallest absolute Gasteiger partial charge is 0.234 e. The maximum atomic E-state index is 12.6. The van der Waals surface area contributed by atoms with E-state index in [-0.39, 0.29) is 11.7 Å². The van der Waals surface area contributed by atoms with Crippen LogP contribution in [0.1, 0.15) is 17.0 Å². The van der Waals surface area contributed by atoms with Crippen LogP contribution in [-0.2, 0) is 16.1 Å². The normalized spacial score (nSPS) is 14.5. The zero-order valence-electron chi connectivity index (χ0n) is 17.9. The Kier molecular flexibility index (Phi) is 7.01. The first-order chi connectivity index (χ1) is 15.1. The highest BCUT2D eigenvalue weighted by atomic mass is 32.2. The van der Waals surface area contributed by atoms with E-state index in [1.165, 1.54) is 11.8 Å². The number of para-hydroxylation sites is 1. The highest BCUT2D eigenvalue weighted by Crippen LogP contribution is 2.24. The maximum Gasteiger partial charge on any atom is 0.234 e. The van der Waals surface area contributed by atoms with Crippen LogP contribution in [0.25, 0.3) is 5.69 Å². The monoisotopic (exact) mass is 437 g/mol. The van der Waals surface area contributed by atoms with Crippen molar-refractivity contribution in [2.75, 3.05) is 37.4 Å². The molecule has 1 saturated heterocycles. The summed E-state index contributed by atoms with van der Waals surface area (Å²) in [7, 11) is 0. The first kappa shape index (κ1) is 21.5. The highest BCUT2D eigenvalue weighted by Gasteiger charge is 2.19. The summed E-state index contributed by atoms with van der Waals surface area (Å²) in [4.78, 5) is 14.9. The van der Waals surface area contributed by atoms with Crippen molar-refractivity contribution >= 4 is 23.4 Å². The Labute approximate surface area is 186 Å². The summed E-state index contributed by atoms with van der Waals surface area (Å²) in [6, 6.07) is 16.0. The van der Waals surface area contributed by atoms with E-state index in [9.17, 15) is 4.79 Å². The second-order valence-electron chi connectivity index (χ2n) is 7.54. The molecule has 2 heterocycles. The maximum absolute atomic E-state index is 12.6. The summed E-state index contributed by atoms with van der Waals surface area (Å²) in [5.74, 6) is 1.07. The Bertz CT molecular complexity index is 1030. The van der Waals surface area contributed by atoms with Crippen molar-refractivity contribution in [1.82, 2.24) is 19.7 Å². The van der Waals surface area contributed by atoms with Gasteiger partial charge in [0.1, 0.15) is 0 Å². The van der Waals surface area contributed by atoms with Crippen LogP contribution in [0.4, 0.5) is 5.69 Å². The molecule has 3 aromatic rings. The molecule has 0 radical (unpaired) electrons. The largest absolute Gasteiger partial charge is 0.379 e. The number of aryl methyl sites for hydroxylation is 1. The van der Waals surface area contributed by atoms with Gasteiger partial charge in [0, 0.05) is 24.5 Å². The Morgan fingerprint density at radius 3 is 2.61 bits per heavy atom. The second kappa shape index (κ2) is 10.1. The predicted molar refractivity (Wildman–Crippen MR) is 123 cm³/mol. The molecule has 0 unspecified atom stereocenters. The van der Waals surface area contributed by atoms with Crippen molar-refractivity contribution in [3.05, 3.63) is 65.5 Å². The number of thioether (sulfide) groups is 1. The summed E-state index contributed by atoms with van der Waals surface area (Å²) in [6.07, 6.45) is 0.